The maximum absolute atomic E-state index is 11.8. The first kappa shape index (κ1) is 16.5. The number of hydrogen-bond acceptors (Lipinski definition) is 7. The van der Waals surface area contributed by atoms with Crippen molar-refractivity contribution in [3.8, 4) is 0 Å². The molecule has 2 aromatic heterocycles. The van der Waals surface area contributed by atoms with Crippen molar-refractivity contribution in [1.82, 2.24) is 30.4 Å². The van der Waals surface area contributed by atoms with Crippen LogP contribution in [0.5, 0.6) is 0 Å². The maximum Gasteiger partial charge on any atom is 0.226 e. The van der Waals surface area contributed by atoms with E-state index in [1.807, 2.05) is 0 Å². The fourth-order valence-electron chi connectivity index (χ4n) is 1.94. The Hall–Kier alpha value is -1.90. The normalized spacial score (nSPS) is 11.0. The van der Waals surface area contributed by atoms with Gasteiger partial charge in [0.05, 0.1) is 0 Å². The van der Waals surface area contributed by atoms with E-state index in [1.165, 1.54) is 11.3 Å². The fraction of sp³-hybridized carbons (Fsp3) is 0.692. The van der Waals surface area contributed by atoms with Crippen molar-refractivity contribution in [2.75, 3.05) is 5.32 Å². The van der Waals surface area contributed by atoms with Crippen LogP contribution in [0.4, 0.5) is 5.13 Å². The second kappa shape index (κ2) is 8.52. The maximum atomic E-state index is 11.8. The monoisotopic (exact) mass is 323 g/mol. The number of rotatable bonds is 9. The number of carbonyl (C=O) groups is 1. The summed E-state index contributed by atoms with van der Waals surface area (Å²) in [7, 11) is 0. The minimum atomic E-state index is -0.00494. The standard InChI is InChI=1S/C13H21N7OS/c1-10(2)8-12-16-17-13(22-12)15-11(21)6-4-3-5-7-20-9-14-18-19-20/h9-10H,3-8H2,1-2H3,(H,15,17,21). The molecule has 0 aliphatic heterocycles. The van der Waals surface area contributed by atoms with Crippen LogP contribution in [0.15, 0.2) is 6.33 Å². The molecule has 22 heavy (non-hydrogen) atoms. The summed E-state index contributed by atoms with van der Waals surface area (Å²) >= 11 is 1.45. The van der Waals surface area contributed by atoms with E-state index in [-0.39, 0.29) is 5.91 Å². The Kier molecular flexibility index (Phi) is 6.38. The highest BCUT2D eigenvalue weighted by Crippen LogP contribution is 2.18. The van der Waals surface area contributed by atoms with E-state index in [1.54, 1.807) is 11.0 Å². The van der Waals surface area contributed by atoms with Crippen molar-refractivity contribution in [1.29, 1.82) is 0 Å². The lowest BCUT2D eigenvalue weighted by molar-refractivity contribution is -0.116. The van der Waals surface area contributed by atoms with Crippen molar-refractivity contribution >= 4 is 22.4 Å². The third kappa shape index (κ3) is 5.84. The Labute approximate surface area is 133 Å². The van der Waals surface area contributed by atoms with Crippen LogP contribution in [-0.4, -0.2) is 36.3 Å². The number of anilines is 1. The molecule has 0 unspecified atom stereocenters. The number of amides is 1. The molecule has 0 radical (unpaired) electrons. The zero-order valence-corrected chi connectivity index (χ0v) is 13.7. The molecule has 2 aromatic rings. The molecule has 2 rings (SSSR count). The number of carbonyl (C=O) groups excluding carboxylic acids is 1. The summed E-state index contributed by atoms with van der Waals surface area (Å²) in [4.78, 5) is 11.8. The number of hydrogen-bond donors (Lipinski definition) is 1. The summed E-state index contributed by atoms with van der Waals surface area (Å²) in [6.45, 7) is 5.05. The third-order valence-electron chi connectivity index (χ3n) is 2.98. The van der Waals surface area contributed by atoms with Crippen molar-refractivity contribution in [2.45, 2.75) is 52.5 Å². The molecule has 0 aliphatic carbocycles. The van der Waals surface area contributed by atoms with Gasteiger partial charge in [0, 0.05) is 19.4 Å². The molecule has 8 nitrogen and oxygen atoms in total. The first-order valence-electron chi connectivity index (χ1n) is 7.46. The molecule has 0 aromatic carbocycles. The summed E-state index contributed by atoms with van der Waals surface area (Å²) in [6.07, 6.45) is 5.74. The van der Waals surface area contributed by atoms with Crippen LogP contribution >= 0.6 is 11.3 Å². The molecular weight excluding hydrogens is 302 g/mol. The topological polar surface area (TPSA) is 98.5 Å². The van der Waals surface area contributed by atoms with Gasteiger partial charge < -0.3 is 5.32 Å². The lowest BCUT2D eigenvalue weighted by Crippen LogP contribution is -2.11. The van der Waals surface area contributed by atoms with Crippen LogP contribution in [-0.2, 0) is 17.8 Å². The van der Waals surface area contributed by atoms with Gasteiger partial charge in [0.2, 0.25) is 11.0 Å². The van der Waals surface area contributed by atoms with Crippen molar-refractivity contribution < 1.29 is 4.79 Å². The molecule has 0 aliphatic rings. The summed E-state index contributed by atoms with van der Waals surface area (Å²) in [5.74, 6) is 0.534. The molecule has 9 heteroatoms. The van der Waals surface area contributed by atoms with Gasteiger partial charge in [0.25, 0.3) is 0 Å². The van der Waals surface area contributed by atoms with Gasteiger partial charge in [0.15, 0.2) is 0 Å². The van der Waals surface area contributed by atoms with Crippen LogP contribution < -0.4 is 5.32 Å². The van der Waals surface area contributed by atoms with Crippen LogP contribution in [0.3, 0.4) is 0 Å². The zero-order chi connectivity index (χ0) is 15.8. The summed E-state index contributed by atoms with van der Waals surface area (Å²) in [5.41, 5.74) is 0. The highest BCUT2D eigenvalue weighted by Gasteiger charge is 2.09. The highest BCUT2D eigenvalue weighted by atomic mass is 32.1. The molecule has 1 N–H and O–H groups in total. The lowest BCUT2D eigenvalue weighted by atomic mass is 10.1. The molecule has 120 valence electrons. The minimum absolute atomic E-state index is 0.00494. The number of aryl methyl sites for hydroxylation is 1. The Morgan fingerprint density at radius 3 is 2.91 bits per heavy atom. The van der Waals surface area contributed by atoms with E-state index >= 15 is 0 Å². The summed E-state index contributed by atoms with van der Waals surface area (Å²) in [6, 6.07) is 0. The van der Waals surface area contributed by atoms with Gasteiger partial charge in [-0.2, -0.15) is 0 Å². The fourth-order valence-corrected chi connectivity index (χ4v) is 2.90. The van der Waals surface area contributed by atoms with E-state index in [2.05, 4.69) is 44.9 Å². The van der Waals surface area contributed by atoms with Gasteiger partial charge in [-0.25, -0.2) is 4.68 Å². The SMILES string of the molecule is CC(C)Cc1nnc(NC(=O)CCCCCn2cnnn2)s1. The van der Waals surface area contributed by atoms with Crippen LogP contribution in [0.25, 0.3) is 0 Å². The Balaban J connectivity index is 1.60. The zero-order valence-electron chi connectivity index (χ0n) is 12.9. The summed E-state index contributed by atoms with van der Waals surface area (Å²) < 4.78 is 1.69. The molecule has 0 saturated heterocycles. The number of nitrogens with zero attached hydrogens (tertiary/aromatic N) is 6. The van der Waals surface area contributed by atoms with E-state index in [0.29, 0.717) is 17.5 Å². The van der Waals surface area contributed by atoms with Crippen molar-refractivity contribution in [3.63, 3.8) is 0 Å². The number of unbranched alkanes of at least 4 members (excludes halogenated alkanes) is 2. The molecule has 2 heterocycles. The predicted molar refractivity (Wildman–Crippen MR) is 83.4 cm³/mol. The van der Waals surface area contributed by atoms with Crippen LogP contribution in [0.1, 0.15) is 44.5 Å². The molecular formula is C13H21N7OS. The van der Waals surface area contributed by atoms with Gasteiger partial charge in [-0.3, -0.25) is 4.79 Å². The predicted octanol–water partition coefficient (Wildman–Crippen LogP) is 1.92. The van der Waals surface area contributed by atoms with Crippen molar-refractivity contribution in [3.05, 3.63) is 11.3 Å². The minimum Gasteiger partial charge on any atom is -0.301 e. The average molecular weight is 323 g/mol. The smallest absolute Gasteiger partial charge is 0.226 e. The lowest BCUT2D eigenvalue weighted by Gasteiger charge is -2.02. The quantitative estimate of drug-likeness (QED) is 0.708. The van der Waals surface area contributed by atoms with Gasteiger partial charge >= 0.3 is 0 Å². The van der Waals surface area contributed by atoms with Gasteiger partial charge in [0.1, 0.15) is 11.3 Å². The Morgan fingerprint density at radius 1 is 1.32 bits per heavy atom. The number of tetrazole rings is 1. The molecule has 0 saturated carbocycles. The van der Waals surface area contributed by atoms with E-state index in [0.717, 1.165) is 37.2 Å². The van der Waals surface area contributed by atoms with E-state index < -0.39 is 0 Å². The first-order valence-corrected chi connectivity index (χ1v) is 8.28. The Bertz CT molecular complexity index is 567. The van der Waals surface area contributed by atoms with Gasteiger partial charge in [-0.1, -0.05) is 31.6 Å². The largest absolute Gasteiger partial charge is 0.301 e. The average Bonchev–Trinajstić information content (AvgIpc) is 3.10. The van der Waals surface area contributed by atoms with Gasteiger partial charge in [-0.05, 0) is 29.2 Å². The number of nitrogens with one attached hydrogen (secondary N) is 1. The molecule has 0 spiro atoms. The third-order valence-corrected chi connectivity index (χ3v) is 3.84. The summed E-state index contributed by atoms with van der Waals surface area (Å²) in [5, 5.41) is 23.4. The highest BCUT2D eigenvalue weighted by molar-refractivity contribution is 7.15. The number of aromatic nitrogens is 6. The molecule has 1 amide bonds. The van der Waals surface area contributed by atoms with Crippen LogP contribution in [0.2, 0.25) is 0 Å². The van der Waals surface area contributed by atoms with Crippen molar-refractivity contribution in [2.24, 2.45) is 5.92 Å². The molecule has 0 atom stereocenters. The van der Waals surface area contributed by atoms with Gasteiger partial charge in [-0.15, -0.1) is 15.3 Å². The van der Waals surface area contributed by atoms with Crippen LogP contribution in [0, 0.1) is 5.92 Å². The second-order valence-electron chi connectivity index (χ2n) is 5.53. The van der Waals surface area contributed by atoms with E-state index in [9.17, 15) is 4.79 Å². The molecule has 0 bridgehead atoms. The second-order valence-corrected chi connectivity index (χ2v) is 6.59. The first-order chi connectivity index (χ1) is 10.6. The molecule has 0 fully saturated rings. The van der Waals surface area contributed by atoms with E-state index in [4.69, 9.17) is 0 Å². The Morgan fingerprint density at radius 2 is 2.18 bits per heavy atom.